The molecule has 2 heteroatoms. The molecule has 0 aliphatic rings. The Morgan fingerprint density at radius 3 is 2.47 bits per heavy atom. The Hall–Kier alpha value is -1.49. The van der Waals surface area contributed by atoms with Crippen LogP contribution in [0.3, 0.4) is 0 Å². The Morgan fingerprint density at radius 1 is 1.27 bits per heavy atom. The zero-order valence-electron chi connectivity index (χ0n) is 9.24. The third kappa shape index (κ3) is 3.63. The standard InChI is InChI=1S/C13H18N2/c1-2-3-4-5-12(10-14)11-6-8-13(15)9-7-11/h6-9,12H,2-5,15H2,1H3. The summed E-state index contributed by atoms with van der Waals surface area (Å²) in [5.41, 5.74) is 7.45. The van der Waals surface area contributed by atoms with Gasteiger partial charge in [0.1, 0.15) is 0 Å². The van der Waals surface area contributed by atoms with Gasteiger partial charge in [0.15, 0.2) is 0 Å². The Bertz CT molecular complexity index is 321. The minimum atomic E-state index is 0.0251. The molecule has 0 aliphatic heterocycles. The van der Waals surface area contributed by atoms with E-state index in [2.05, 4.69) is 13.0 Å². The summed E-state index contributed by atoms with van der Waals surface area (Å²) in [6, 6.07) is 9.98. The Balaban J connectivity index is 2.59. The quantitative estimate of drug-likeness (QED) is 0.587. The summed E-state index contributed by atoms with van der Waals surface area (Å²) in [6.45, 7) is 2.17. The highest BCUT2D eigenvalue weighted by atomic mass is 14.5. The van der Waals surface area contributed by atoms with Crippen LogP contribution in [0.1, 0.15) is 44.1 Å². The predicted molar refractivity (Wildman–Crippen MR) is 63.4 cm³/mol. The fraction of sp³-hybridized carbons (Fsp3) is 0.462. The van der Waals surface area contributed by atoms with Crippen LogP contribution in [0, 0.1) is 11.3 Å². The van der Waals surface area contributed by atoms with Gasteiger partial charge < -0.3 is 5.73 Å². The average molecular weight is 202 g/mol. The fourth-order valence-electron chi connectivity index (χ4n) is 1.63. The van der Waals surface area contributed by atoms with Crippen LogP contribution in [-0.4, -0.2) is 0 Å². The first kappa shape index (κ1) is 11.6. The maximum absolute atomic E-state index is 9.07. The lowest BCUT2D eigenvalue weighted by molar-refractivity contribution is 0.634. The number of nitrogens with zero attached hydrogens (tertiary/aromatic N) is 1. The largest absolute Gasteiger partial charge is 0.399 e. The van der Waals surface area contributed by atoms with Crippen molar-refractivity contribution in [2.75, 3.05) is 5.73 Å². The van der Waals surface area contributed by atoms with Crippen LogP contribution < -0.4 is 5.73 Å². The van der Waals surface area contributed by atoms with Gasteiger partial charge in [-0.15, -0.1) is 0 Å². The number of anilines is 1. The van der Waals surface area contributed by atoms with E-state index in [0.717, 1.165) is 24.1 Å². The number of nitriles is 1. The molecule has 0 fully saturated rings. The van der Waals surface area contributed by atoms with E-state index in [9.17, 15) is 0 Å². The third-order valence-corrected chi connectivity index (χ3v) is 2.59. The highest BCUT2D eigenvalue weighted by molar-refractivity contribution is 5.41. The summed E-state index contributed by atoms with van der Waals surface area (Å²) in [5, 5.41) is 9.07. The number of unbranched alkanes of at least 4 members (excludes halogenated alkanes) is 2. The normalized spacial score (nSPS) is 12.0. The predicted octanol–water partition coefficient (Wildman–Crippen LogP) is 3.46. The van der Waals surface area contributed by atoms with Crippen LogP contribution in [0.15, 0.2) is 24.3 Å². The first-order valence-electron chi connectivity index (χ1n) is 5.53. The molecule has 1 atom stereocenters. The maximum Gasteiger partial charge on any atom is 0.0712 e. The van der Waals surface area contributed by atoms with Gasteiger partial charge >= 0.3 is 0 Å². The zero-order valence-corrected chi connectivity index (χ0v) is 9.24. The Morgan fingerprint density at radius 2 is 1.93 bits per heavy atom. The molecule has 1 unspecified atom stereocenters. The highest BCUT2D eigenvalue weighted by Gasteiger charge is 2.09. The van der Waals surface area contributed by atoms with Crippen LogP contribution in [0.5, 0.6) is 0 Å². The van der Waals surface area contributed by atoms with Gasteiger partial charge in [-0.2, -0.15) is 5.26 Å². The summed E-state index contributed by atoms with van der Waals surface area (Å²) in [5.74, 6) is 0.0251. The first-order chi connectivity index (χ1) is 7.27. The molecule has 1 aromatic carbocycles. The second-order valence-electron chi connectivity index (χ2n) is 3.84. The molecular weight excluding hydrogens is 184 g/mol. The van der Waals surface area contributed by atoms with Crippen LogP contribution >= 0.6 is 0 Å². The molecule has 2 nitrogen and oxygen atoms in total. The molecule has 0 bridgehead atoms. The van der Waals surface area contributed by atoms with E-state index < -0.39 is 0 Å². The zero-order chi connectivity index (χ0) is 11.1. The summed E-state index contributed by atoms with van der Waals surface area (Å²) in [4.78, 5) is 0. The molecule has 80 valence electrons. The second kappa shape index (κ2) is 6.08. The van der Waals surface area contributed by atoms with E-state index in [1.54, 1.807) is 0 Å². The number of nitrogen functional groups attached to an aromatic ring is 1. The van der Waals surface area contributed by atoms with Crippen molar-refractivity contribution < 1.29 is 0 Å². The van der Waals surface area contributed by atoms with Gasteiger partial charge in [-0.25, -0.2) is 0 Å². The lowest BCUT2D eigenvalue weighted by Gasteiger charge is -2.08. The molecule has 0 saturated heterocycles. The minimum absolute atomic E-state index is 0.0251. The van der Waals surface area contributed by atoms with Crippen LogP contribution in [0.2, 0.25) is 0 Å². The monoisotopic (exact) mass is 202 g/mol. The number of benzene rings is 1. The fourth-order valence-corrected chi connectivity index (χ4v) is 1.63. The molecule has 0 heterocycles. The molecule has 1 aromatic rings. The average Bonchev–Trinajstić information content (AvgIpc) is 2.26. The van der Waals surface area contributed by atoms with Crippen molar-refractivity contribution in [1.82, 2.24) is 0 Å². The maximum atomic E-state index is 9.07. The van der Waals surface area contributed by atoms with Gasteiger partial charge in [-0.05, 0) is 24.1 Å². The molecule has 0 amide bonds. The Labute approximate surface area is 91.7 Å². The SMILES string of the molecule is CCCCCC(C#N)c1ccc(N)cc1. The number of hydrogen-bond acceptors (Lipinski definition) is 2. The van der Waals surface area contributed by atoms with Crippen molar-refractivity contribution in [2.45, 2.75) is 38.5 Å². The number of hydrogen-bond donors (Lipinski definition) is 1. The lowest BCUT2D eigenvalue weighted by atomic mass is 9.94. The Kier molecular flexibility index (Phi) is 4.70. The van der Waals surface area contributed by atoms with Crippen LogP contribution in [-0.2, 0) is 0 Å². The van der Waals surface area contributed by atoms with E-state index in [0.29, 0.717) is 0 Å². The van der Waals surface area contributed by atoms with Gasteiger partial charge in [0.2, 0.25) is 0 Å². The van der Waals surface area contributed by atoms with Gasteiger partial charge in [-0.3, -0.25) is 0 Å². The minimum Gasteiger partial charge on any atom is -0.399 e. The smallest absolute Gasteiger partial charge is 0.0712 e. The molecule has 0 radical (unpaired) electrons. The number of rotatable bonds is 5. The van der Waals surface area contributed by atoms with Crippen molar-refractivity contribution >= 4 is 5.69 Å². The van der Waals surface area contributed by atoms with Crippen molar-refractivity contribution in [2.24, 2.45) is 0 Å². The van der Waals surface area contributed by atoms with Gasteiger partial charge in [0.05, 0.1) is 12.0 Å². The summed E-state index contributed by atoms with van der Waals surface area (Å²) >= 11 is 0. The molecular formula is C13H18N2. The van der Waals surface area contributed by atoms with E-state index >= 15 is 0 Å². The van der Waals surface area contributed by atoms with Gasteiger partial charge in [0, 0.05) is 5.69 Å². The topological polar surface area (TPSA) is 49.8 Å². The first-order valence-corrected chi connectivity index (χ1v) is 5.53. The molecule has 15 heavy (non-hydrogen) atoms. The third-order valence-electron chi connectivity index (χ3n) is 2.59. The molecule has 1 rings (SSSR count). The van der Waals surface area contributed by atoms with Crippen molar-refractivity contribution in [3.8, 4) is 6.07 Å². The molecule has 2 N–H and O–H groups in total. The van der Waals surface area contributed by atoms with E-state index in [-0.39, 0.29) is 5.92 Å². The summed E-state index contributed by atoms with van der Waals surface area (Å²) < 4.78 is 0. The van der Waals surface area contributed by atoms with Crippen LogP contribution in [0.25, 0.3) is 0 Å². The van der Waals surface area contributed by atoms with Gasteiger partial charge in [0.25, 0.3) is 0 Å². The molecule has 0 aliphatic carbocycles. The van der Waals surface area contributed by atoms with Crippen molar-refractivity contribution in [3.63, 3.8) is 0 Å². The summed E-state index contributed by atoms with van der Waals surface area (Å²) in [7, 11) is 0. The van der Waals surface area contributed by atoms with E-state index in [1.165, 1.54) is 12.8 Å². The summed E-state index contributed by atoms with van der Waals surface area (Å²) in [6.07, 6.45) is 4.47. The molecule has 0 saturated carbocycles. The highest BCUT2D eigenvalue weighted by Crippen LogP contribution is 2.22. The lowest BCUT2D eigenvalue weighted by Crippen LogP contribution is -1.96. The van der Waals surface area contributed by atoms with E-state index in [1.807, 2.05) is 24.3 Å². The molecule has 0 spiro atoms. The van der Waals surface area contributed by atoms with Crippen LogP contribution in [0.4, 0.5) is 5.69 Å². The van der Waals surface area contributed by atoms with Crippen molar-refractivity contribution in [1.29, 1.82) is 5.26 Å². The second-order valence-corrected chi connectivity index (χ2v) is 3.84. The van der Waals surface area contributed by atoms with Crippen molar-refractivity contribution in [3.05, 3.63) is 29.8 Å². The molecule has 0 aromatic heterocycles. The van der Waals surface area contributed by atoms with Gasteiger partial charge in [-0.1, -0.05) is 38.3 Å². The number of nitrogens with two attached hydrogens (primary N) is 1. The van der Waals surface area contributed by atoms with E-state index in [4.69, 9.17) is 11.0 Å².